The number of benzene rings is 3. The number of rotatable bonds is 2. The number of pyridine rings is 1. The van der Waals surface area contributed by atoms with Gasteiger partial charge in [-0.1, -0.05) is 60.7 Å². The molecule has 2 nitrogen and oxygen atoms in total. The number of fused-ring (bicyclic) bond motifs is 3. The number of nitrogens with zero attached hydrogens (tertiary/aromatic N) is 1. The summed E-state index contributed by atoms with van der Waals surface area (Å²) in [6, 6.07) is 25.6. The molecule has 3 aromatic carbocycles. The Balaban J connectivity index is 1.89. The molecule has 0 aliphatic carbocycles. The van der Waals surface area contributed by atoms with Crippen LogP contribution in [0.2, 0.25) is 0 Å². The Kier molecular flexibility index (Phi) is 3.80. The molecule has 2 heterocycles. The van der Waals surface area contributed by atoms with Gasteiger partial charge in [-0.15, -0.1) is 0 Å². The van der Waals surface area contributed by atoms with Crippen molar-refractivity contribution < 1.29 is 8.98 Å². The van der Waals surface area contributed by atoms with Gasteiger partial charge in [0.25, 0.3) is 0 Å². The molecule has 2 aromatic heterocycles. The van der Waals surface area contributed by atoms with Gasteiger partial charge >= 0.3 is 0 Å². The lowest BCUT2D eigenvalue weighted by Gasteiger charge is -2.06. The first kappa shape index (κ1) is 16.8. The number of aryl methyl sites for hydroxylation is 3. The van der Waals surface area contributed by atoms with Crippen molar-refractivity contribution in [3.05, 3.63) is 90.1 Å². The van der Waals surface area contributed by atoms with Gasteiger partial charge in [0.05, 0.1) is 5.56 Å². The quantitative estimate of drug-likeness (QED) is 0.333. The highest BCUT2D eigenvalue weighted by atomic mass is 16.3. The summed E-state index contributed by atoms with van der Waals surface area (Å²) in [6.45, 7) is 4.29. The zero-order chi connectivity index (χ0) is 19.3. The SMILES string of the molecule is Cc1cc[n+](C)c(-c2c(C)ccc3c2oc2c(-c4ccccc4)cccc23)c1. The third-order valence-electron chi connectivity index (χ3n) is 5.52. The highest BCUT2D eigenvalue weighted by Crippen LogP contribution is 2.40. The summed E-state index contributed by atoms with van der Waals surface area (Å²) in [5.41, 5.74) is 9.01. The van der Waals surface area contributed by atoms with Crippen LogP contribution in [0.1, 0.15) is 11.1 Å². The minimum atomic E-state index is 0.950. The Labute approximate surface area is 164 Å². The van der Waals surface area contributed by atoms with Crippen LogP contribution in [0, 0.1) is 13.8 Å². The Morgan fingerprint density at radius 1 is 0.750 bits per heavy atom. The van der Waals surface area contributed by atoms with Crippen LogP contribution < -0.4 is 4.57 Å². The lowest BCUT2D eigenvalue weighted by Crippen LogP contribution is -2.30. The molecule has 2 heteroatoms. The summed E-state index contributed by atoms with van der Waals surface area (Å²) < 4.78 is 8.75. The lowest BCUT2D eigenvalue weighted by molar-refractivity contribution is -0.660. The molecule has 0 fully saturated rings. The van der Waals surface area contributed by atoms with Crippen molar-refractivity contribution in [2.24, 2.45) is 7.05 Å². The molecule has 5 rings (SSSR count). The Hall–Kier alpha value is -3.39. The summed E-state index contributed by atoms with van der Waals surface area (Å²) in [5.74, 6) is 0. The Morgan fingerprint density at radius 2 is 1.54 bits per heavy atom. The molecule has 0 amide bonds. The first-order valence-corrected chi connectivity index (χ1v) is 9.60. The van der Waals surface area contributed by atoms with Gasteiger partial charge in [0.1, 0.15) is 18.2 Å². The average Bonchev–Trinajstić information content (AvgIpc) is 3.09. The number of para-hydroxylation sites is 1. The minimum absolute atomic E-state index is 0.950. The van der Waals surface area contributed by atoms with Crippen LogP contribution in [0.5, 0.6) is 0 Å². The Bertz CT molecular complexity index is 1330. The van der Waals surface area contributed by atoms with E-state index < -0.39 is 0 Å². The van der Waals surface area contributed by atoms with E-state index in [2.05, 4.69) is 98.4 Å². The van der Waals surface area contributed by atoms with Gasteiger partial charge in [-0.05, 0) is 30.5 Å². The molecule has 0 spiro atoms. The van der Waals surface area contributed by atoms with Gasteiger partial charge in [-0.25, -0.2) is 4.57 Å². The highest BCUT2D eigenvalue weighted by Gasteiger charge is 2.21. The highest BCUT2D eigenvalue weighted by molar-refractivity contribution is 6.13. The van der Waals surface area contributed by atoms with E-state index in [0.29, 0.717) is 0 Å². The van der Waals surface area contributed by atoms with Gasteiger partial charge < -0.3 is 4.42 Å². The zero-order valence-corrected chi connectivity index (χ0v) is 16.4. The fraction of sp³-hybridized carbons (Fsp3) is 0.115. The maximum Gasteiger partial charge on any atom is 0.216 e. The molecule has 0 saturated carbocycles. The molecule has 0 saturated heterocycles. The van der Waals surface area contributed by atoms with E-state index in [-0.39, 0.29) is 0 Å². The monoisotopic (exact) mass is 364 g/mol. The normalized spacial score (nSPS) is 11.4. The van der Waals surface area contributed by atoms with Crippen molar-refractivity contribution >= 4 is 21.9 Å². The summed E-state index contributed by atoms with van der Waals surface area (Å²) >= 11 is 0. The average molecular weight is 364 g/mol. The molecular formula is C26H22NO+. The third kappa shape index (κ3) is 2.53. The predicted octanol–water partition coefficient (Wildman–Crippen LogP) is 6.36. The van der Waals surface area contributed by atoms with E-state index in [1.165, 1.54) is 27.9 Å². The molecule has 0 radical (unpaired) electrons. The molecule has 0 unspecified atom stereocenters. The van der Waals surface area contributed by atoms with Crippen LogP contribution in [0.4, 0.5) is 0 Å². The van der Waals surface area contributed by atoms with Gasteiger partial charge in [0, 0.05) is 28.5 Å². The minimum Gasteiger partial charge on any atom is -0.454 e. The van der Waals surface area contributed by atoms with Crippen molar-refractivity contribution in [1.29, 1.82) is 0 Å². The molecule has 136 valence electrons. The van der Waals surface area contributed by atoms with Gasteiger partial charge in [0.2, 0.25) is 5.69 Å². The first-order valence-electron chi connectivity index (χ1n) is 9.60. The van der Waals surface area contributed by atoms with Crippen LogP contribution in [0.25, 0.3) is 44.3 Å². The summed E-state index contributed by atoms with van der Waals surface area (Å²) in [7, 11) is 2.09. The fourth-order valence-electron chi connectivity index (χ4n) is 4.05. The molecule has 0 N–H and O–H groups in total. The van der Waals surface area contributed by atoms with E-state index >= 15 is 0 Å². The van der Waals surface area contributed by atoms with Crippen LogP contribution >= 0.6 is 0 Å². The summed E-state index contributed by atoms with van der Waals surface area (Å²) in [5, 5.41) is 2.32. The topological polar surface area (TPSA) is 17.0 Å². The molecule has 5 aromatic rings. The van der Waals surface area contributed by atoms with Crippen molar-refractivity contribution in [1.82, 2.24) is 0 Å². The molecule has 0 atom stereocenters. The van der Waals surface area contributed by atoms with E-state index in [1.807, 2.05) is 6.07 Å². The number of hydrogen-bond acceptors (Lipinski definition) is 1. The van der Waals surface area contributed by atoms with E-state index in [4.69, 9.17) is 4.42 Å². The molecule has 28 heavy (non-hydrogen) atoms. The third-order valence-corrected chi connectivity index (χ3v) is 5.52. The van der Waals surface area contributed by atoms with Crippen LogP contribution in [-0.2, 0) is 7.05 Å². The molecule has 0 aliphatic rings. The molecule has 0 aliphatic heterocycles. The second-order valence-electron chi connectivity index (χ2n) is 7.48. The number of furan rings is 1. The fourth-order valence-corrected chi connectivity index (χ4v) is 4.05. The van der Waals surface area contributed by atoms with Crippen LogP contribution in [-0.4, -0.2) is 0 Å². The number of hydrogen-bond donors (Lipinski definition) is 0. The first-order chi connectivity index (χ1) is 13.6. The second kappa shape index (κ2) is 6.35. The van der Waals surface area contributed by atoms with Crippen molar-refractivity contribution in [3.8, 4) is 22.4 Å². The largest absolute Gasteiger partial charge is 0.454 e. The van der Waals surface area contributed by atoms with Gasteiger partial charge in [0.15, 0.2) is 6.20 Å². The van der Waals surface area contributed by atoms with Crippen molar-refractivity contribution in [3.63, 3.8) is 0 Å². The lowest BCUT2D eigenvalue weighted by atomic mass is 9.98. The standard InChI is InChI=1S/C26H22NO/c1-17-14-15-27(3)23(16-17)24-18(2)12-13-22-21-11-7-10-20(25(21)28-26(22)24)19-8-5-4-6-9-19/h4-16H,1-3H3/q+1. The maximum atomic E-state index is 6.59. The predicted molar refractivity (Wildman–Crippen MR) is 115 cm³/mol. The van der Waals surface area contributed by atoms with Crippen molar-refractivity contribution in [2.75, 3.05) is 0 Å². The van der Waals surface area contributed by atoms with Crippen LogP contribution in [0.15, 0.2) is 83.4 Å². The van der Waals surface area contributed by atoms with Crippen molar-refractivity contribution in [2.45, 2.75) is 13.8 Å². The number of aromatic nitrogens is 1. The van der Waals surface area contributed by atoms with Gasteiger partial charge in [-0.3, -0.25) is 0 Å². The maximum absolute atomic E-state index is 6.59. The smallest absolute Gasteiger partial charge is 0.216 e. The summed E-state index contributed by atoms with van der Waals surface area (Å²) in [4.78, 5) is 0. The molecular weight excluding hydrogens is 342 g/mol. The van der Waals surface area contributed by atoms with Crippen LogP contribution in [0.3, 0.4) is 0 Å². The van der Waals surface area contributed by atoms with E-state index in [0.717, 1.165) is 27.5 Å². The van der Waals surface area contributed by atoms with Gasteiger partial charge in [-0.2, -0.15) is 0 Å². The molecule has 0 bridgehead atoms. The van der Waals surface area contributed by atoms with E-state index in [9.17, 15) is 0 Å². The van der Waals surface area contributed by atoms with E-state index in [1.54, 1.807) is 0 Å². The second-order valence-corrected chi connectivity index (χ2v) is 7.48. The Morgan fingerprint density at radius 3 is 2.36 bits per heavy atom. The zero-order valence-electron chi connectivity index (χ0n) is 16.4. The summed E-state index contributed by atoms with van der Waals surface area (Å²) in [6.07, 6.45) is 2.11.